The highest BCUT2D eigenvalue weighted by molar-refractivity contribution is 5.55. The van der Waals surface area contributed by atoms with Crippen LogP contribution in [-0.4, -0.2) is 38.1 Å². The molecule has 3 nitrogen and oxygen atoms in total. The lowest BCUT2D eigenvalue weighted by Crippen LogP contribution is -2.26. The minimum atomic E-state index is 0.519. The van der Waals surface area contributed by atoms with Crippen LogP contribution in [0, 0.1) is 5.92 Å². The van der Waals surface area contributed by atoms with Crippen LogP contribution in [0.15, 0.2) is 24.3 Å². The molecule has 0 amide bonds. The van der Waals surface area contributed by atoms with Gasteiger partial charge in [0.1, 0.15) is 0 Å². The van der Waals surface area contributed by atoms with Crippen LogP contribution in [0.2, 0.25) is 0 Å². The Bertz CT molecular complexity index is 401. The molecule has 3 heteroatoms. The van der Waals surface area contributed by atoms with E-state index in [0.29, 0.717) is 12.0 Å². The Morgan fingerprint density at radius 2 is 1.95 bits per heavy atom. The van der Waals surface area contributed by atoms with Crippen molar-refractivity contribution >= 4 is 5.69 Å². The van der Waals surface area contributed by atoms with E-state index in [2.05, 4.69) is 55.0 Å². The molecular formula is C16H27N3. The van der Waals surface area contributed by atoms with Gasteiger partial charge in [-0.15, -0.1) is 0 Å². The van der Waals surface area contributed by atoms with Gasteiger partial charge in [-0.25, -0.2) is 0 Å². The van der Waals surface area contributed by atoms with Crippen molar-refractivity contribution < 1.29 is 0 Å². The second-order valence-corrected chi connectivity index (χ2v) is 5.52. The van der Waals surface area contributed by atoms with Crippen molar-refractivity contribution in [2.45, 2.75) is 26.3 Å². The van der Waals surface area contributed by atoms with Crippen LogP contribution in [0.25, 0.3) is 0 Å². The lowest BCUT2D eigenvalue weighted by Gasteiger charge is -2.29. The van der Waals surface area contributed by atoms with Gasteiger partial charge in [-0.2, -0.15) is 0 Å². The van der Waals surface area contributed by atoms with Crippen molar-refractivity contribution in [3.63, 3.8) is 0 Å². The van der Waals surface area contributed by atoms with E-state index in [0.717, 1.165) is 26.2 Å². The van der Waals surface area contributed by atoms with Gasteiger partial charge in [0.25, 0.3) is 0 Å². The van der Waals surface area contributed by atoms with Gasteiger partial charge in [0.15, 0.2) is 0 Å². The first-order chi connectivity index (χ1) is 9.21. The number of hydrogen-bond donors (Lipinski definition) is 1. The first-order valence-electron chi connectivity index (χ1n) is 7.45. The predicted octanol–water partition coefficient (Wildman–Crippen LogP) is 2.48. The van der Waals surface area contributed by atoms with Crippen molar-refractivity contribution in [3.8, 4) is 0 Å². The first kappa shape index (κ1) is 14.4. The molecule has 106 valence electrons. The van der Waals surface area contributed by atoms with E-state index in [9.17, 15) is 0 Å². The zero-order valence-electron chi connectivity index (χ0n) is 12.5. The number of hydrogen-bond acceptors (Lipinski definition) is 3. The highest BCUT2D eigenvalue weighted by atomic mass is 15.2. The number of anilines is 1. The smallest absolute Gasteiger partial charge is 0.0414 e. The summed E-state index contributed by atoms with van der Waals surface area (Å²) in [6, 6.07) is 9.36. The molecule has 0 radical (unpaired) electrons. The molecule has 0 aromatic heterocycles. The largest absolute Gasteiger partial charge is 0.372 e. The fourth-order valence-electron chi connectivity index (χ4n) is 3.26. The van der Waals surface area contributed by atoms with E-state index in [1.807, 2.05) is 0 Å². The molecule has 1 aliphatic rings. The van der Waals surface area contributed by atoms with E-state index in [1.165, 1.54) is 17.7 Å². The third-order valence-electron chi connectivity index (χ3n) is 4.37. The molecule has 0 spiro atoms. The van der Waals surface area contributed by atoms with Crippen molar-refractivity contribution in [3.05, 3.63) is 29.8 Å². The third kappa shape index (κ3) is 2.93. The fraction of sp³-hybridized carbons (Fsp3) is 0.625. The number of benzene rings is 1. The maximum absolute atomic E-state index is 5.85. The molecule has 1 aliphatic heterocycles. The zero-order valence-corrected chi connectivity index (χ0v) is 12.5. The Kier molecular flexibility index (Phi) is 4.83. The summed E-state index contributed by atoms with van der Waals surface area (Å²) in [7, 11) is 2.22. The van der Waals surface area contributed by atoms with Gasteiger partial charge in [0.2, 0.25) is 0 Å². The number of nitrogens with zero attached hydrogens (tertiary/aromatic N) is 2. The van der Waals surface area contributed by atoms with Gasteiger partial charge in [-0.1, -0.05) is 18.2 Å². The monoisotopic (exact) mass is 261 g/mol. The maximum Gasteiger partial charge on any atom is 0.0414 e. The average Bonchev–Trinajstić information content (AvgIpc) is 2.82. The lowest BCUT2D eigenvalue weighted by molar-refractivity contribution is 0.314. The summed E-state index contributed by atoms with van der Waals surface area (Å²) in [5.41, 5.74) is 8.70. The van der Waals surface area contributed by atoms with E-state index < -0.39 is 0 Å². The van der Waals surface area contributed by atoms with Gasteiger partial charge in [0.05, 0.1) is 0 Å². The molecule has 19 heavy (non-hydrogen) atoms. The molecule has 0 aliphatic carbocycles. The fourth-order valence-corrected chi connectivity index (χ4v) is 3.26. The minimum absolute atomic E-state index is 0.519. The summed E-state index contributed by atoms with van der Waals surface area (Å²) in [4.78, 5) is 4.90. The highest BCUT2D eigenvalue weighted by Gasteiger charge is 2.31. The van der Waals surface area contributed by atoms with Gasteiger partial charge in [-0.05, 0) is 51.4 Å². The molecule has 2 atom stereocenters. The van der Waals surface area contributed by atoms with E-state index in [1.54, 1.807) is 0 Å². The zero-order chi connectivity index (χ0) is 13.8. The predicted molar refractivity (Wildman–Crippen MR) is 82.5 cm³/mol. The maximum atomic E-state index is 5.85. The van der Waals surface area contributed by atoms with Crippen molar-refractivity contribution in [2.24, 2.45) is 11.7 Å². The normalized spacial score (nSPS) is 23.8. The van der Waals surface area contributed by atoms with Crippen LogP contribution in [0.5, 0.6) is 0 Å². The van der Waals surface area contributed by atoms with E-state index in [4.69, 9.17) is 5.73 Å². The molecule has 1 aromatic rings. The quantitative estimate of drug-likeness (QED) is 0.884. The van der Waals surface area contributed by atoms with Crippen molar-refractivity contribution in [2.75, 3.05) is 38.1 Å². The van der Waals surface area contributed by atoms with E-state index >= 15 is 0 Å². The Morgan fingerprint density at radius 3 is 2.53 bits per heavy atom. The van der Waals surface area contributed by atoms with Gasteiger partial charge < -0.3 is 10.6 Å². The van der Waals surface area contributed by atoms with Gasteiger partial charge in [-0.3, -0.25) is 4.90 Å². The number of rotatable bonds is 5. The molecule has 2 unspecified atom stereocenters. The Labute approximate surface area is 117 Å². The van der Waals surface area contributed by atoms with Crippen LogP contribution >= 0.6 is 0 Å². The van der Waals surface area contributed by atoms with Crippen LogP contribution in [-0.2, 0) is 0 Å². The second kappa shape index (κ2) is 6.40. The first-order valence-corrected chi connectivity index (χ1v) is 7.45. The molecule has 1 aromatic carbocycles. The van der Waals surface area contributed by atoms with Crippen LogP contribution < -0.4 is 10.6 Å². The summed E-state index contributed by atoms with van der Waals surface area (Å²) < 4.78 is 0. The van der Waals surface area contributed by atoms with Crippen LogP contribution in [0.1, 0.15) is 31.9 Å². The summed E-state index contributed by atoms with van der Waals surface area (Å²) in [5, 5.41) is 0. The van der Waals surface area contributed by atoms with Crippen LogP contribution in [0.4, 0.5) is 5.69 Å². The van der Waals surface area contributed by atoms with Crippen LogP contribution in [0.3, 0.4) is 0 Å². The highest BCUT2D eigenvalue weighted by Crippen LogP contribution is 2.38. The average molecular weight is 261 g/mol. The summed E-state index contributed by atoms with van der Waals surface area (Å²) >= 11 is 0. The summed E-state index contributed by atoms with van der Waals surface area (Å²) in [5.74, 6) is 0.639. The Balaban J connectivity index is 2.29. The van der Waals surface area contributed by atoms with Gasteiger partial charge >= 0.3 is 0 Å². The van der Waals surface area contributed by atoms with Crippen molar-refractivity contribution in [1.82, 2.24) is 4.90 Å². The minimum Gasteiger partial charge on any atom is -0.372 e. The van der Waals surface area contributed by atoms with Gasteiger partial charge in [0, 0.05) is 31.4 Å². The second-order valence-electron chi connectivity index (χ2n) is 5.52. The molecule has 1 fully saturated rings. The topological polar surface area (TPSA) is 32.5 Å². The molecule has 0 bridgehead atoms. The third-order valence-corrected chi connectivity index (χ3v) is 4.37. The van der Waals surface area contributed by atoms with E-state index in [-0.39, 0.29) is 0 Å². The molecule has 0 saturated carbocycles. The molecule has 1 heterocycles. The Hall–Kier alpha value is -1.06. The lowest BCUT2D eigenvalue weighted by atomic mass is 9.98. The molecule has 2 N–H and O–H groups in total. The molecule has 2 rings (SSSR count). The molecule has 1 saturated heterocycles. The number of likely N-dealkylation sites (tertiary alicyclic amines) is 1. The molecular weight excluding hydrogens is 234 g/mol. The Morgan fingerprint density at radius 1 is 1.26 bits per heavy atom. The SMILES string of the molecule is CCN(CC)c1ccccc1C1CC(CN)CN1C. The summed E-state index contributed by atoms with van der Waals surface area (Å²) in [6.45, 7) is 8.49. The number of nitrogens with two attached hydrogens (primary N) is 1. The summed E-state index contributed by atoms with van der Waals surface area (Å²) in [6.07, 6.45) is 1.19. The standard InChI is InChI=1S/C16H27N3/c1-4-19(5-2)15-9-7-6-8-14(15)16-10-13(11-17)12-18(16)3/h6-9,13,16H,4-5,10-12,17H2,1-3H3. The number of para-hydroxylation sites is 1. The van der Waals surface area contributed by atoms with Crippen molar-refractivity contribution in [1.29, 1.82) is 0 Å².